The number of hydrogen-bond acceptors (Lipinski definition) is 5. The van der Waals surface area contributed by atoms with Crippen molar-refractivity contribution < 1.29 is 9.47 Å². The summed E-state index contributed by atoms with van der Waals surface area (Å²) in [7, 11) is 1.83. The zero-order valence-corrected chi connectivity index (χ0v) is 20.9. The van der Waals surface area contributed by atoms with Gasteiger partial charge in [0.1, 0.15) is 13.2 Å². The van der Waals surface area contributed by atoms with E-state index in [1.807, 2.05) is 86.8 Å². The average Bonchev–Trinajstić information content (AvgIpc) is 2.86. The van der Waals surface area contributed by atoms with Gasteiger partial charge in [0.2, 0.25) is 11.8 Å². The Morgan fingerprint density at radius 1 is 1.09 bits per heavy atom. The lowest BCUT2D eigenvalue weighted by Gasteiger charge is -2.16. The van der Waals surface area contributed by atoms with E-state index in [2.05, 4.69) is 32.8 Å². The van der Waals surface area contributed by atoms with Gasteiger partial charge >= 0.3 is 0 Å². The van der Waals surface area contributed by atoms with Crippen molar-refractivity contribution in [3.05, 3.63) is 118 Å². The first kappa shape index (κ1) is 25.0. The van der Waals surface area contributed by atoms with Crippen LogP contribution in [-0.2, 0) is 6.61 Å². The van der Waals surface area contributed by atoms with Gasteiger partial charge in [-0.15, -0.1) is 0 Å². The molecule has 0 aliphatic heterocycles. The molecule has 174 valence electrons. The first-order valence-electron chi connectivity index (χ1n) is 10.9. The zero-order valence-electron chi connectivity index (χ0n) is 19.3. The fraction of sp³-hybridized carbons (Fsp3) is 0.143. The lowest BCUT2D eigenvalue weighted by Crippen LogP contribution is -2.11. The van der Waals surface area contributed by atoms with E-state index in [-0.39, 0.29) is 0 Å². The van der Waals surface area contributed by atoms with E-state index >= 15 is 0 Å². The molecule has 5 nitrogen and oxygen atoms in total. The molecule has 0 bridgehead atoms. The molecule has 0 saturated carbocycles. The van der Waals surface area contributed by atoms with E-state index in [1.165, 1.54) is 0 Å². The third kappa shape index (κ3) is 6.68. The Kier molecular flexibility index (Phi) is 9.23. The van der Waals surface area contributed by atoms with Gasteiger partial charge in [-0.05, 0) is 42.3 Å². The highest BCUT2D eigenvalue weighted by Gasteiger charge is 2.17. The van der Waals surface area contributed by atoms with Crippen molar-refractivity contribution in [3.63, 3.8) is 0 Å². The van der Waals surface area contributed by atoms with E-state index < -0.39 is 0 Å². The normalized spacial score (nSPS) is 11.3. The molecule has 0 atom stereocenters. The van der Waals surface area contributed by atoms with Crippen molar-refractivity contribution in [3.8, 4) is 11.8 Å². The quantitative estimate of drug-likeness (QED) is 0.213. The molecule has 34 heavy (non-hydrogen) atoms. The first-order valence-corrected chi connectivity index (χ1v) is 11.7. The molecule has 0 saturated heterocycles. The molecule has 3 rings (SSSR count). The standard InChI is InChI=1S/C28H28BrN3O2/c1-4-9-20(10-5-2)18-33-26-16-15-24(27(30)23-14-13-22(29)17-25(23)31-3)28(32-26)34-19-21-11-7-6-8-12-21/h4-17,30-31H,1,18-19H2,2-3H3/b10-5-,20-9+,30-27?. The molecule has 0 unspecified atom stereocenters. The largest absolute Gasteiger partial charge is 0.473 e. The van der Waals surface area contributed by atoms with Crippen LogP contribution in [0.5, 0.6) is 11.8 Å². The van der Waals surface area contributed by atoms with Crippen molar-refractivity contribution >= 4 is 27.3 Å². The number of anilines is 1. The van der Waals surface area contributed by atoms with Gasteiger partial charge in [-0.2, -0.15) is 4.98 Å². The molecule has 0 fully saturated rings. The van der Waals surface area contributed by atoms with Gasteiger partial charge in [-0.1, -0.05) is 77.1 Å². The van der Waals surface area contributed by atoms with Crippen LogP contribution in [0.1, 0.15) is 23.6 Å². The predicted octanol–water partition coefficient (Wildman–Crippen LogP) is 6.95. The molecule has 1 aromatic heterocycles. The average molecular weight is 518 g/mol. The number of benzene rings is 2. The lowest BCUT2D eigenvalue weighted by atomic mass is 10.0. The molecule has 0 amide bonds. The first-order chi connectivity index (χ1) is 16.5. The number of pyridine rings is 1. The monoisotopic (exact) mass is 517 g/mol. The van der Waals surface area contributed by atoms with E-state index in [9.17, 15) is 0 Å². The maximum atomic E-state index is 8.91. The third-order valence-electron chi connectivity index (χ3n) is 4.94. The smallest absolute Gasteiger partial charge is 0.226 e. The number of nitrogens with one attached hydrogen (secondary N) is 2. The Labute approximate surface area is 209 Å². The fourth-order valence-electron chi connectivity index (χ4n) is 3.29. The molecule has 0 radical (unpaired) electrons. The van der Waals surface area contributed by atoms with E-state index in [1.54, 1.807) is 12.1 Å². The van der Waals surface area contributed by atoms with Crippen LogP contribution < -0.4 is 14.8 Å². The highest BCUT2D eigenvalue weighted by Crippen LogP contribution is 2.29. The highest BCUT2D eigenvalue weighted by atomic mass is 79.9. The van der Waals surface area contributed by atoms with E-state index in [0.29, 0.717) is 36.2 Å². The summed E-state index contributed by atoms with van der Waals surface area (Å²) in [5.74, 6) is 0.764. The minimum Gasteiger partial charge on any atom is -0.473 e. The van der Waals surface area contributed by atoms with Crippen molar-refractivity contribution in [1.82, 2.24) is 4.98 Å². The number of ether oxygens (including phenoxy) is 2. The molecule has 0 aliphatic rings. The summed E-state index contributed by atoms with van der Waals surface area (Å²) in [5.41, 5.74) is 4.44. The van der Waals surface area contributed by atoms with Crippen LogP contribution >= 0.6 is 15.9 Å². The number of hydrogen-bond donors (Lipinski definition) is 2. The Morgan fingerprint density at radius 2 is 1.85 bits per heavy atom. The third-order valence-corrected chi connectivity index (χ3v) is 5.44. The Bertz CT molecular complexity index is 1200. The fourth-order valence-corrected chi connectivity index (χ4v) is 3.65. The van der Waals surface area contributed by atoms with Gasteiger partial charge in [0.25, 0.3) is 0 Å². The predicted molar refractivity (Wildman–Crippen MR) is 143 cm³/mol. The summed E-state index contributed by atoms with van der Waals surface area (Å²) in [5, 5.41) is 12.1. The summed E-state index contributed by atoms with van der Waals surface area (Å²) >= 11 is 3.49. The second-order valence-corrected chi connectivity index (χ2v) is 8.27. The van der Waals surface area contributed by atoms with Crippen LogP contribution in [0.3, 0.4) is 0 Å². The van der Waals surface area contributed by atoms with Gasteiger partial charge in [0, 0.05) is 28.8 Å². The topological polar surface area (TPSA) is 67.2 Å². The molecule has 1 heterocycles. The van der Waals surface area contributed by atoms with Crippen molar-refractivity contribution in [1.29, 1.82) is 5.41 Å². The number of aromatic nitrogens is 1. The Hall–Kier alpha value is -3.64. The highest BCUT2D eigenvalue weighted by molar-refractivity contribution is 9.10. The lowest BCUT2D eigenvalue weighted by molar-refractivity contribution is 0.281. The van der Waals surface area contributed by atoms with Crippen LogP contribution in [0.4, 0.5) is 5.69 Å². The zero-order chi connectivity index (χ0) is 24.3. The molecule has 2 aromatic carbocycles. The number of allylic oxidation sites excluding steroid dienone is 3. The summed E-state index contributed by atoms with van der Waals surface area (Å²) in [4.78, 5) is 4.61. The number of nitrogens with zero attached hydrogens (tertiary/aromatic N) is 1. The minimum absolute atomic E-state index is 0.306. The Balaban J connectivity index is 1.93. The summed E-state index contributed by atoms with van der Waals surface area (Å²) in [6, 6.07) is 19.2. The maximum Gasteiger partial charge on any atom is 0.226 e. The Morgan fingerprint density at radius 3 is 2.56 bits per heavy atom. The van der Waals surface area contributed by atoms with Crippen LogP contribution in [0.15, 0.2) is 102 Å². The maximum absolute atomic E-state index is 8.91. The van der Waals surface area contributed by atoms with Crippen LogP contribution in [0, 0.1) is 5.41 Å². The van der Waals surface area contributed by atoms with E-state index in [0.717, 1.165) is 26.9 Å². The second kappa shape index (κ2) is 12.6. The molecule has 3 aromatic rings. The summed E-state index contributed by atoms with van der Waals surface area (Å²) in [6.45, 7) is 6.37. The summed E-state index contributed by atoms with van der Waals surface area (Å²) in [6.07, 6.45) is 7.53. The molecule has 0 aliphatic carbocycles. The number of halogens is 1. The van der Waals surface area contributed by atoms with Gasteiger partial charge in [0.15, 0.2) is 0 Å². The molecular formula is C28H28BrN3O2. The molecule has 0 spiro atoms. The minimum atomic E-state index is 0.306. The van der Waals surface area contributed by atoms with Gasteiger partial charge in [0.05, 0.1) is 11.3 Å². The van der Waals surface area contributed by atoms with Crippen molar-refractivity contribution in [2.45, 2.75) is 13.5 Å². The van der Waals surface area contributed by atoms with Gasteiger partial charge < -0.3 is 14.8 Å². The SMILES string of the molecule is C=C/C=C(\C=C/C)COc1ccc(C(=N)c2ccc(Br)cc2NC)c(OCc2ccccc2)n1. The van der Waals surface area contributed by atoms with Crippen molar-refractivity contribution in [2.75, 3.05) is 19.0 Å². The van der Waals surface area contributed by atoms with Crippen molar-refractivity contribution in [2.24, 2.45) is 0 Å². The molecule has 2 N–H and O–H groups in total. The van der Waals surface area contributed by atoms with Gasteiger partial charge in [-0.25, -0.2) is 0 Å². The van der Waals surface area contributed by atoms with Crippen LogP contribution in [0.25, 0.3) is 0 Å². The van der Waals surface area contributed by atoms with E-state index in [4.69, 9.17) is 14.9 Å². The van der Waals surface area contributed by atoms with Crippen LogP contribution in [-0.4, -0.2) is 24.4 Å². The molecular weight excluding hydrogens is 490 g/mol. The number of rotatable bonds is 11. The second-order valence-electron chi connectivity index (χ2n) is 7.36. The summed E-state index contributed by atoms with van der Waals surface area (Å²) < 4.78 is 12.9. The molecule has 6 heteroatoms. The van der Waals surface area contributed by atoms with Gasteiger partial charge in [-0.3, -0.25) is 5.41 Å². The van der Waals surface area contributed by atoms with Crippen LogP contribution in [0.2, 0.25) is 0 Å².